The summed E-state index contributed by atoms with van der Waals surface area (Å²) in [5.74, 6) is -0.350. The van der Waals surface area contributed by atoms with Gasteiger partial charge in [0, 0.05) is 16.6 Å². The number of esters is 1. The molecule has 0 amide bonds. The van der Waals surface area contributed by atoms with E-state index in [4.69, 9.17) is 10.5 Å². The molecule has 0 fully saturated rings. The summed E-state index contributed by atoms with van der Waals surface area (Å²) in [6.45, 7) is 4.24. The summed E-state index contributed by atoms with van der Waals surface area (Å²) in [6, 6.07) is 0. The maximum absolute atomic E-state index is 11.0. The van der Waals surface area contributed by atoms with Crippen LogP contribution < -0.4 is 5.73 Å². The van der Waals surface area contributed by atoms with Crippen molar-refractivity contribution in [3.05, 3.63) is 11.8 Å². The summed E-state index contributed by atoms with van der Waals surface area (Å²) in [5.41, 5.74) is 5.79. The number of carbonyl (C=O) groups is 1. The fraction of sp³-hybridized carbons (Fsp3) is 0.700. The topological polar surface area (TPSA) is 52.3 Å². The molecule has 0 saturated carbocycles. The predicted octanol–water partition coefficient (Wildman–Crippen LogP) is 2.35. The molecule has 0 aromatic carbocycles. The molecule has 82 valence electrons. The highest BCUT2D eigenvalue weighted by molar-refractivity contribution is 9.09. The number of alkyl halides is 1. The summed E-state index contributed by atoms with van der Waals surface area (Å²) in [4.78, 5) is 11.5. The van der Waals surface area contributed by atoms with Gasteiger partial charge in [-0.05, 0) is 26.2 Å². The highest BCUT2D eigenvalue weighted by atomic mass is 79.9. The van der Waals surface area contributed by atoms with Gasteiger partial charge in [0.1, 0.15) is 0 Å². The van der Waals surface area contributed by atoms with Crippen LogP contribution in [0.5, 0.6) is 0 Å². The lowest BCUT2D eigenvalue weighted by atomic mass is 10.2. The number of hydrogen-bond acceptors (Lipinski definition) is 3. The van der Waals surface area contributed by atoms with Gasteiger partial charge in [-0.25, -0.2) is 4.79 Å². The normalized spacial score (nSPS) is 13.8. The van der Waals surface area contributed by atoms with Crippen molar-refractivity contribution in [2.75, 3.05) is 6.61 Å². The first-order valence-electron chi connectivity index (χ1n) is 4.77. The third-order valence-corrected chi connectivity index (χ3v) is 2.04. The first-order chi connectivity index (χ1) is 6.52. The molecule has 0 saturated heterocycles. The highest BCUT2D eigenvalue weighted by Gasteiger charge is 1.99. The van der Waals surface area contributed by atoms with E-state index in [0.29, 0.717) is 17.1 Å². The lowest BCUT2D eigenvalue weighted by molar-refractivity contribution is -0.137. The second kappa shape index (κ2) is 7.85. The third-order valence-electron chi connectivity index (χ3n) is 1.59. The number of halogens is 1. The fourth-order valence-corrected chi connectivity index (χ4v) is 1.25. The van der Waals surface area contributed by atoms with E-state index >= 15 is 0 Å². The Hall–Kier alpha value is -0.510. The van der Waals surface area contributed by atoms with Gasteiger partial charge >= 0.3 is 5.97 Å². The molecule has 4 heteroatoms. The Kier molecular flexibility index (Phi) is 7.57. The van der Waals surface area contributed by atoms with Crippen molar-refractivity contribution < 1.29 is 9.53 Å². The molecule has 0 aliphatic carbocycles. The Morgan fingerprint density at radius 1 is 1.57 bits per heavy atom. The monoisotopic (exact) mass is 263 g/mol. The number of unbranched alkanes of at least 4 members (excludes halogenated alkanes) is 1. The Balaban J connectivity index is 3.37. The molecule has 0 bridgehead atoms. The van der Waals surface area contributed by atoms with E-state index in [0.717, 1.165) is 19.3 Å². The quantitative estimate of drug-likeness (QED) is 0.347. The smallest absolute Gasteiger partial charge is 0.332 e. The minimum atomic E-state index is -0.350. The van der Waals surface area contributed by atoms with E-state index in [1.165, 1.54) is 6.08 Å². The number of carbonyl (C=O) groups excluding carboxylic acids is 1. The minimum Gasteiger partial charge on any atom is -0.462 e. The van der Waals surface area contributed by atoms with Crippen LogP contribution in [-0.4, -0.2) is 17.4 Å². The van der Waals surface area contributed by atoms with Gasteiger partial charge in [-0.1, -0.05) is 22.9 Å². The van der Waals surface area contributed by atoms with E-state index < -0.39 is 0 Å². The van der Waals surface area contributed by atoms with Gasteiger partial charge in [-0.3, -0.25) is 0 Å². The molecule has 0 radical (unpaired) electrons. The Morgan fingerprint density at radius 2 is 2.21 bits per heavy atom. The van der Waals surface area contributed by atoms with Gasteiger partial charge in [0.2, 0.25) is 0 Å². The molecule has 1 unspecified atom stereocenters. The Labute approximate surface area is 93.8 Å². The van der Waals surface area contributed by atoms with Gasteiger partial charge in [0.15, 0.2) is 0 Å². The average molecular weight is 264 g/mol. The molecule has 0 heterocycles. The second-order valence-electron chi connectivity index (χ2n) is 3.33. The van der Waals surface area contributed by atoms with Crippen molar-refractivity contribution >= 4 is 21.9 Å². The minimum absolute atomic E-state index is 0.350. The zero-order valence-corrected chi connectivity index (χ0v) is 10.3. The second-order valence-corrected chi connectivity index (χ2v) is 4.90. The lowest BCUT2D eigenvalue weighted by Crippen LogP contribution is -2.05. The van der Waals surface area contributed by atoms with Crippen LogP contribution in [-0.2, 0) is 9.53 Å². The molecule has 0 aromatic heterocycles. The van der Waals surface area contributed by atoms with Crippen LogP contribution in [0.15, 0.2) is 11.8 Å². The molecule has 0 aromatic rings. The van der Waals surface area contributed by atoms with E-state index in [-0.39, 0.29) is 5.97 Å². The lowest BCUT2D eigenvalue weighted by Gasteiger charge is -2.03. The van der Waals surface area contributed by atoms with Crippen molar-refractivity contribution in [3.8, 4) is 0 Å². The van der Waals surface area contributed by atoms with Crippen LogP contribution >= 0.6 is 15.9 Å². The zero-order valence-electron chi connectivity index (χ0n) is 8.75. The van der Waals surface area contributed by atoms with Crippen LogP contribution in [0.4, 0.5) is 0 Å². The fourth-order valence-electron chi connectivity index (χ4n) is 0.928. The van der Waals surface area contributed by atoms with Crippen molar-refractivity contribution in [1.29, 1.82) is 0 Å². The zero-order chi connectivity index (χ0) is 11.0. The van der Waals surface area contributed by atoms with E-state index in [9.17, 15) is 4.79 Å². The van der Waals surface area contributed by atoms with Crippen molar-refractivity contribution in [2.24, 2.45) is 5.73 Å². The first-order valence-corrected chi connectivity index (χ1v) is 5.68. The molecule has 1 atom stereocenters. The molecule has 3 nitrogen and oxygen atoms in total. The van der Waals surface area contributed by atoms with Crippen LogP contribution in [0.3, 0.4) is 0 Å². The van der Waals surface area contributed by atoms with Gasteiger partial charge in [-0.2, -0.15) is 0 Å². The summed E-state index contributed by atoms with van der Waals surface area (Å²) in [5, 5.41) is 0. The molecule has 2 N–H and O–H groups in total. The third kappa shape index (κ3) is 9.58. The van der Waals surface area contributed by atoms with E-state index in [2.05, 4.69) is 22.9 Å². The van der Waals surface area contributed by atoms with E-state index in [1.807, 2.05) is 0 Å². The maximum Gasteiger partial charge on any atom is 0.332 e. The van der Waals surface area contributed by atoms with Crippen LogP contribution in [0, 0.1) is 0 Å². The standard InChI is InChI=1S/C10H18BrNO2/c1-8(11)5-3-4-6-14-10(13)7-9(2)12/h7-8H,3-6,12H2,1-2H3. The van der Waals surface area contributed by atoms with Gasteiger partial charge in [0.05, 0.1) is 6.61 Å². The maximum atomic E-state index is 11.0. The molecule has 14 heavy (non-hydrogen) atoms. The van der Waals surface area contributed by atoms with Crippen molar-refractivity contribution in [1.82, 2.24) is 0 Å². The molecule has 0 spiro atoms. The number of rotatable bonds is 6. The number of allylic oxidation sites excluding steroid dienone is 1. The Bertz CT molecular complexity index is 198. The van der Waals surface area contributed by atoms with Crippen LogP contribution in [0.25, 0.3) is 0 Å². The van der Waals surface area contributed by atoms with Gasteiger partial charge < -0.3 is 10.5 Å². The molecule has 0 rings (SSSR count). The first kappa shape index (κ1) is 13.5. The summed E-state index contributed by atoms with van der Waals surface area (Å²) >= 11 is 3.45. The summed E-state index contributed by atoms with van der Waals surface area (Å²) in [7, 11) is 0. The Morgan fingerprint density at radius 3 is 2.71 bits per heavy atom. The molecular weight excluding hydrogens is 246 g/mol. The predicted molar refractivity (Wildman–Crippen MR) is 61.1 cm³/mol. The largest absolute Gasteiger partial charge is 0.462 e. The SMILES string of the molecule is CC(N)=CC(=O)OCCCCC(C)Br. The summed E-state index contributed by atoms with van der Waals surface area (Å²) in [6.07, 6.45) is 4.36. The highest BCUT2D eigenvalue weighted by Crippen LogP contribution is 2.08. The molecular formula is C10H18BrNO2. The molecule has 0 aliphatic rings. The number of hydrogen-bond donors (Lipinski definition) is 1. The van der Waals surface area contributed by atoms with E-state index in [1.54, 1.807) is 6.92 Å². The van der Waals surface area contributed by atoms with Gasteiger partial charge in [0.25, 0.3) is 0 Å². The van der Waals surface area contributed by atoms with Crippen LogP contribution in [0.1, 0.15) is 33.1 Å². The van der Waals surface area contributed by atoms with Gasteiger partial charge in [-0.15, -0.1) is 0 Å². The number of nitrogens with two attached hydrogens (primary N) is 1. The molecule has 0 aliphatic heterocycles. The van der Waals surface area contributed by atoms with Crippen molar-refractivity contribution in [2.45, 2.75) is 37.9 Å². The average Bonchev–Trinajstić information content (AvgIpc) is 2.01. The van der Waals surface area contributed by atoms with Crippen LogP contribution in [0.2, 0.25) is 0 Å². The van der Waals surface area contributed by atoms with Crippen molar-refractivity contribution in [3.63, 3.8) is 0 Å². The summed E-state index contributed by atoms with van der Waals surface area (Å²) < 4.78 is 4.92. The number of ether oxygens (including phenoxy) is 1.